The first-order valence-corrected chi connectivity index (χ1v) is 8.00. The SMILES string of the molecule is CCCCC[C@@H](C)NS(=O)(=O)c1ccc(OC)nc1. The van der Waals surface area contributed by atoms with Crippen LogP contribution in [0.5, 0.6) is 5.88 Å². The number of rotatable bonds is 8. The molecule has 0 unspecified atom stereocenters. The second-order valence-electron chi connectivity index (χ2n) is 4.55. The minimum Gasteiger partial charge on any atom is -0.481 e. The molecular weight excluding hydrogens is 264 g/mol. The maximum Gasteiger partial charge on any atom is 0.242 e. The molecule has 0 aliphatic carbocycles. The molecule has 1 aromatic rings. The van der Waals surface area contributed by atoms with E-state index in [1.54, 1.807) is 0 Å². The molecule has 5 nitrogen and oxygen atoms in total. The molecule has 0 saturated carbocycles. The largest absolute Gasteiger partial charge is 0.481 e. The molecule has 19 heavy (non-hydrogen) atoms. The van der Waals surface area contributed by atoms with Crippen LogP contribution in [0.15, 0.2) is 23.2 Å². The van der Waals surface area contributed by atoms with Crippen LogP contribution in [0.4, 0.5) is 0 Å². The average molecular weight is 286 g/mol. The monoisotopic (exact) mass is 286 g/mol. The molecule has 0 radical (unpaired) electrons. The maximum absolute atomic E-state index is 12.1. The van der Waals surface area contributed by atoms with Gasteiger partial charge in [-0.15, -0.1) is 0 Å². The fourth-order valence-electron chi connectivity index (χ4n) is 1.74. The van der Waals surface area contributed by atoms with Gasteiger partial charge in [-0.05, 0) is 19.4 Å². The lowest BCUT2D eigenvalue weighted by molar-refractivity contribution is 0.397. The van der Waals surface area contributed by atoms with Crippen LogP contribution in [0.3, 0.4) is 0 Å². The summed E-state index contributed by atoms with van der Waals surface area (Å²) in [5.41, 5.74) is 0. The lowest BCUT2D eigenvalue weighted by Crippen LogP contribution is -2.32. The number of ether oxygens (including phenoxy) is 1. The smallest absolute Gasteiger partial charge is 0.242 e. The van der Waals surface area contributed by atoms with Crippen molar-refractivity contribution in [1.29, 1.82) is 0 Å². The van der Waals surface area contributed by atoms with Crippen molar-refractivity contribution in [2.75, 3.05) is 7.11 Å². The van der Waals surface area contributed by atoms with Crippen molar-refractivity contribution in [2.45, 2.75) is 50.5 Å². The van der Waals surface area contributed by atoms with Crippen LogP contribution in [0.25, 0.3) is 0 Å². The zero-order valence-electron chi connectivity index (χ0n) is 11.7. The van der Waals surface area contributed by atoms with E-state index in [9.17, 15) is 8.42 Å². The third kappa shape index (κ3) is 5.16. The molecule has 0 bridgehead atoms. The van der Waals surface area contributed by atoms with Gasteiger partial charge in [0, 0.05) is 12.1 Å². The van der Waals surface area contributed by atoms with Gasteiger partial charge in [-0.25, -0.2) is 18.1 Å². The zero-order valence-corrected chi connectivity index (χ0v) is 12.5. The number of unbranched alkanes of at least 4 members (excludes halogenated alkanes) is 2. The van der Waals surface area contributed by atoms with E-state index in [0.717, 1.165) is 25.7 Å². The first-order valence-electron chi connectivity index (χ1n) is 6.52. The summed E-state index contributed by atoms with van der Waals surface area (Å²) in [5, 5.41) is 0. The molecule has 108 valence electrons. The summed E-state index contributed by atoms with van der Waals surface area (Å²) in [7, 11) is -2.00. The molecule has 1 aromatic heterocycles. The van der Waals surface area contributed by atoms with Crippen molar-refractivity contribution in [3.8, 4) is 5.88 Å². The molecule has 1 atom stereocenters. The molecule has 0 aliphatic heterocycles. The van der Waals surface area contributed by atoms with Gasteiger partial charge < -0.3 is 4.74 Å². The Morgan fingerprint density at radius 3 is 2.63 bits per heavy atom. The highest BCUT2D eigenvalue weighted by Crippen LogP contribution is 2.13. The Balaban J connectivity index is 2.63. The summed E-state index contributed by atoms with van der Waals surface area (Å²) in [6.07, 6.45) is 5.43. The van der Waals surface area contributed by atoms with Crippen molar-refractivity contribution < 1.29 is 13.2 Å². The molecule has 0 saturated heterocycles. The summed E-state index contributed by atoms with van der Waals surface area (Å²) >= 11 is 0. The minimum atomic E-state index is -3.49. The number of aromatic nitrogens is 1. The number of sulfonamides is 1. The molecule has 1 N–H and O–H groups in total. The van der Waals surface area contributed by atoms with Crippen molar-refractivity contribution in [2.24, 2.45) is 0 Å². The van der Waals surface area contributed by atoms with Gasteiger partial charge in [0.05, 0.1) is 13.3 Å². The van der Waals surface area contributed by atoms with Crippen LogP contribution < -0.4 is 9.46 Å². The zero-order chi connectivity index (χ0) is 14.3. The average Bonchev–Trinajstić information content (AvgIpc) is 2.38. The number of nitrogens with one attached hydrogen (secondary N) is 1. The van der Waals surface area contributed by atoms with Crippen molar-refractivity contribution in [1.82, 2.24) is 9.71 Å². The Hall–Kier alpha value is -1.14. The van der Waals surface area contributed by atoms with E-state index in [0.29, 0.717) is 5.88 Å². The van der Waals surface area contributed by atoms with E-state index in [2.05, 4.69) is 16.6 Å². The quantitative estimate of drug-likeness (QED) is 0.745. The first-order chi connectivity index (χ1) is 8.99. The van der Waals surface area contributed by atoms with E-state index >= 15 is 0 Å². The fourth-order valence-corrected chi connectivity index (χ4v) is 2.96. The fraction of sp³-hybridized carbons (Fsp3) is 0.615. The highest BCUT2D eigenvalue weighted by atomic mass is 32.2. The topological polar surface area (TPSA) is 68.3 Å². The molecule has 1 rings (SSSR count). The van der Waals surface area contributed by atoms with Gasteiger partial charge in [-0.3, -0.25) is 0 Å². The number of hydrogen-bond acceptors (Lipinski definition) is 4. The van der Waals surface area contributed by atoms with Gasteiger partial charge >= 0.3 is 0 Å². The Morgan fingerprint density at radius 1 is 1.37 bits per heavy atom. The molecule has 1 heterocycles. The van der Waals surface area contributed by atoms with E-state index in [1.807, 2.05) is 6.92 Å². The summed E-state index contributed by atoms with van der Waals surface area (Å²) in [4.78, 5) is 4.07. The number of methoxy groups -OCH3 is 1. The molecule has 0 fully saturated rings. The van der Waals surface area contributed by atoms with Crippen molar-refractivity contribution >= 4 is 10.0 Å². The Kier molecular flexibility index (Phi) is 6.24. The lowest BCUT2D eigenvalue weighted by atomic mass is 10.1. The molecule has 0 aliphatic rings. The summed E-state index contributed by atoms with van der Waals surface area (Å²) < 4.78 is 31.7. The van der Waals surface area contributed by atoms with Gasteiger partial charge in [-0.2, -0.15) is 0 Å². The van der Waals surface area contributed by atoms with E-state index in [1.165, 1.54) is 25.4 Å². The molecule has 0 amide bonds. The standard InChI is InChI=1S/C13H22N2O3S/c1-4-5-6-7-11(2)15-19(16,17)12-8-9-13(18-3)14-10-12/h8-11,15H,4-7H2,1-3H3/t11-/m1/s1. The summed E-state index contributed by atoms with van der Waals surface area (Å²) in [6.45, 7) is 4.00. The van der Waals surface area contributed by atoms with Crippen LogP contribution in [-0.4, -0.2) is 26.6 Å². The molecule has 6 heteroatoms. The molecular formula is C13H22N2O3S. The Morgan fingerprint density at radius 2 is 2.11 bits per heavy atom. The van der Waals surface area contributed by atoms with Crippen LogP contribution in [0.2, 0.25) is 0 Å². The van der Waals surface area contributed by atoms with E-state index in [-0.39, 0.29) is 10.9 Å². The van der Waals surface area contributed by atoms with E-state index in [4.69, 9.17) is 4.74 Å². The molecule has 0 aromatic carbocycles. The molecule has 0 spiro atoms. The maximum atomic E-state index is 12.1. The van der Waals surface area contributed by atoms with Gasteiger partial charge in [-0.1, -0.05) is 26.2 Å². The summed E-state index contributed by atoms with van der Waals surface area (Å²) in [6, 6.07) is 2.96. The van der Waals surface area contributed by atoms with Gasteiger partial charge in [0.2, 0.25) is 15.9 Å². The van der Waals surface area contributed by atoms with Crippen LogP contribution in [0, 0.1) is 0 Å². The van der Waals surface area contributed by atoms with E-state index < -0.39 is 10.0 Å². The normalized spacial score (nSPS) is 13.2. The highest BCUT2D eigenvalue weighted by Gasteiger charge is 2.17. The van der Waals surface area contributed by atoms with Gasteiger partial charge in [0.25, 0.3) is 0 Å². The second kappa shape index (κ2) is 7.45. The number of pyridine rings is 1. The minimum absolute atomic E-state index is 0.0707. The number of hydrogen-bond donors (Lipinski definition) is 1. The summed E-state index contributed by atoms with van der Waals surface area (Å²) in [5.74, 6) is 0.398. The third-order valence-corrected chi connectivity index (χ3v) is 4.40. The Labute approximate surface area is 115 Å². The van der Waals surface area contributed by atoms with Gasteiger partial charge in [0.15, 0.2) is 0 Å². The van der Waals surface area contributed by atoms with Crippen LogP contribution in [-0.2, 0) is 10.0 Å². The predicted octanol–water partition coefficient (Wildman–Crippen LogP) is 2.34. The highest BCUT2D eigenvalue weighted by molar-refractivity contribution is 7.89. The van der Waals surface area contributed by atoms with Crippen molar-refractivity contribution in [3.63, 3.8) is 0 Å². The Bertz CT molecular complexity index is 471. The predicted molar refractivity (Wildman–Crippen MR) is 74.7 cm³/mol. The number of nitrogens with zero attached hydrogens (tertiary/aromatic N) is 1. The van der Waals surface area contributed by atoms with Crippen molar-refractivity contribution in [3.05, 3.63) is 18.3 Å². The van der Waals surface area contributed by atoms with Crippen LogP contribution in [0.1, 0.15) is 39.5 Å². The van der Waals surface area contributed by atoms with Gasteiger partial charge in [0.1, 0.15) is 4.90 Å². The van der Waals surface area contributed by atoms with Crippen LogP contribution >= 0.6 is 0 Å². The lowest BCUT2D eigenvalue weighted by Gasteiger charge is -2.13. The second-order valence-corrected chi connectivity index (χ2v) is 6.27. The first kappa shape index (κ1) is 15.9. The third-order valence-electron chi connectivity index (χ3n) is 2.83.